The molecule has 26 heavy (non-hydrogen) atoms. The van der Waals surface area contributed by atoms with Gasteiger partial charge in [-0.15, -0.1) is 0 Å². The van der Waals surface area contributed by atoms with Gasteiger partial charge in [0.25, 0.3) is 0 Å². The van der Waals surface area contributed by atoms with Gasteiger partial charge >= 0.3 is 0 Å². The summed E-state index contributed by atoms with van der Waals surface area (Å²) in [7, 11) is 0. The van der Waals surface area contributed by atoms with Gasteiger partial charge < -0.3 is 10.1 Å². The number of nitrogens with one attached hydrogen (secondary N) is 1. The zero-order valence-corrected chi connectivity index (χ0v) is 15.8. The Labute approximate surface area is 159 Å². The SMILES string of the molecule is c1ccc(COC2CCN(CCSC3=NCc4ccccc4N3)C2)cc1. The summed E-state index contributed by atoms with van der Waals surface area (Å²) in [6.07, 6.45) is 1.49. The molecule has 5 heteroatoms. The maximum absolute atomic E-state index is 6.07. The molecule has 1 saturated heterocycles. The number of nitrogens with zero attached hydrogens (tertiary/aromatic N) is 2. The lowest BCUT2D eigenvalue weighted by molar-refractivity contribution is 0.0471. The lowest BCUT2D eigenvalue weighted by atomic mass is 10.1. The minimum atomic E-state index is 0.359. The third-order valence-electron chi connectivity index (χ3n) is 4.86. The second kappa shape index (κ2) is 8.71. The van der Waals surface area contributed by atoms with Gasteiger partial charge in [-0.1, -0.05) is 60.3 Å². The Bertz CT molecular complexity index is 750. The Hall–Kier alpha value is -1.82. The first-order valence-electron chi connectivity index (χ1n) is 9.27. The fourth-order valence-corrected chi connectivity index (χ4v) is 4.25. The van der Waals surface area contributed by atoms with Gasteiger partial charge in [-0.3, -0.25) is 9.89 Å². The molecule has 0 aliphatic carbocycles. The van der Waals surface area contributed by atoms with E-state index in [9.17, 15) is 0 Å². The van der Waals surface area contributed by atoms with E-state index in [1.54, 1.807) is 0 Å². The Morgan fingerprint density at radius 1 is 1.12 bits per heavy atom. The van der Waals surface area contributed by atoms with Crippen molar-refractivity contribution in [3.63, 3.8) is 0 Å². The van der Waals surface area contributed by atoms with Gasteiger partial charge in [-0.25, -0.2) is 0 Å². The summed E-state index contributed by atoms with van der Waals surface area (Å²) in [4.78, 5) is 7.14. The molecule has 2 heterocycles. The van der Waals surface area contributed by atoms with Crippen LogP contribution in [0.25, 0.3) is 0 Å². The average Bonchev–Trinajstić information content (AvgIpc) is 3.15. The highest BCUT2D eigenvalue weighted by atomic mass is 32.2. The van der Waals surface area contributed by atoms with E-state index < -0.39 is 0 Å². The Kier molecular flexibility index (Phi) is 5.89. The molecule has 1 atom stereocenters. The number of ether oxygens (including phenoxy) is 1. The van der Waals surface area contributed by atoms with Gasteiger partial charge in [0.05, 0.1) is 19.3 Å². The molecule has 1 N–H and O–H groups in total. The normalized spacial score (nSPS) is 19.7. The molecule has 0 radical (unpaired) electrons. The van der Waals surface area contributed by atoms with Crippen LogP contribution in [0.1, 0.15) is 17.5 Å². The number of hydrogen-bond donors (Lipinski definition) is 1. The van der Waals surface area contributed by atoms with Gasteiger partial charge in [0.15, 0.2) is 5.17 Å². The molecule has 2 aromatic rings. The van der Waals surface area contributed by atoms with Crippen molar-refractivity contribution in [2.75, 3.05) is 30.7 Å². The van der Waals surface area contributed by atoms with E-state index in [2.05, 4.69) is 63.7 Å². The van der Waals surface area contributed by atoms with Crippen molar-refractivity contribution in [3.05, 3.63) is 65.7 Å². The molecular formula is C21H25N3OS. The fourth-order valence-electron chi connectivity index (χ4n) is 3.37. The van der Waals surface area contributed by atoms with Crippen LogP contribution < -0.4 is 5.32 Å². The molecule has 136 valence electrons. The van der Waals surface area contributed by atoms with E-state index in [0.717, 1.165) is 43.5 Å². The summed E-state index contributed by atoms with van der Waals surface area (Å²) in [5.74, 6) is 1.05. The minimum absolute atomic E-state index is 0.359. The van der Waals surface area contributed by atoms with Crippen LogP contribution in [-0.4, -0.2) is 41.6 Å². The summed E-state index contributed by atoms with van der Waals surface area (Å²) in [5, 5.41) is 4.48. The monoisotopic (exact) mass is 367 g/mol. The first kappa shape index (κ1) is 17.6. The maximum Gasteiger partial charge on any atom is 0.161 e. The lowest BCUT2D eigenvalue weighted by Crippen LogP contribution is -2.26. The van der Waals surface area contributed by atoms with Crippen LogP contribution in [0.4, 0.5) is 5.69 Å². The van der Waals surface area contributed by atoms with E-state index in [-0.39, 0.29) is 0 Å². The summed E-state index contributed by atoms with van der Waals surface area (Å²) in [6.45, 7) is 4.75. The van der Waals surface area contributed by atoms with Crippen molar-refractivity contribution in [1.29, 1.82) is 0 Å². The van der Waals surface area contributed by atoms with Gasteiger partial charge in [0.1, 0.15) is 0 Å². The van der Waals surface area contributed by atoms with Crippen LogP contribution in [0.3, 0.4) is 0 Å². The Balaban J connectivity index is 1.16. The molecule has 0 bridgehead atoms. The smallest absolute Gasteiger partial charge is 0.161 e. The molecule has 0 aromatic heterocycles. The van der Waals surface area contributed by atoms with E-state index in [1.807, 2.05) is 17.8 Å². The molecule has 4 rings (SSSR count). The van der Waals surface area contributed by atoms with Crippen molar-refractivity contribution in [2.24, 2.45) is 4.99 Å². The molecule has 2 aliphatic rings. The number of likely N-dealkylation sites (tertiary alicyclic amines) is 1. The molecule has 0 spiro atoms. The van der Waals surface area contributed by atoms with Crippen molar-refractivity contribution in [1.82, 2.24) is 4.90 Å². The number of aliphatic imine (C=N–C) groups is 1. The van der Waals surface area contributed by atoms with Gasteiger partial charge in [-0.2, -0.15) is 0 Å². The summed E-state index contributed by atoms with van der Waals surface area (Å²) >= 11 is 1.82. The highest BCUT2D eigenvalue weighted by molar-refractivity contribution is 8.14. The first-order valence-corrected chi connectivity index (χ1v) is 10.3. The van der Waals surface area contributed by atoms with Crippen LogP contribution in [0.15, 0.2) is 59.6 Å². The number of anilines is 1. The van der Waals surface area contributed by atoms with Crippen molar-refractivity contribution in [2.45, 2.75) is 25.7 Å². The molecule has 0 saturated carbocycles. The zero-order chi connectivity index (χ0) is 17.6. The number of fused-ring (bicyclic) bond motifs is 1. The standard InChI is InChI=1S/C21H25N3OS/c1-2-6-17(7-3-1)16-25-19-10-11-24(15-19)12-13-26-21-22-14-18-8-4-5-9-20(18)23-21/h1-9,19H,10-16H2,(H,22,23). The van der Waals surface area contributed by atoms with E-state index >= 15 is 0 Å². The number of para-hydroxylation sites is 1. The van der Waals surface area contributed by atoms with Crippen LogP contribution in [0.2, 0.25) is 0 Å². The highest BCUT2D eigenvalue weighted by Crippen LogP contribution is 2.23. The summed E-state index contributed by atoms with van der Waals surface area (Å²) in [6, 6.07) is 18.8. The van der Waals surface area contributed by atoms with Gasteiger partial charge in [0.2, 0.25) is 0 Å². The predicted octanol–water partition coefficient (Wildman–Crippen LogP) is 3.99. The van der Waals surface area contributed by atoms with Crippen LogP contribution in [0, 0.1) is 0 Å². The molecule has 1 fully saturated rings. The zero-order valence-electron chi connectivity index (χ0n) is 14.9. The number of rotatable bonds is 6. The second-order valence-electron chi connectivity index (χ2n) is 6.76. The topological polar surface area (TPSA) is 36.9 Å². The quantitative estimate of drug-likeness (QED) is 0.838. The molecule has 0 amide bonds. The highest BCUT2D eigenvalue weighted by Gasteiger charge is 2.23. The number of hydrogen-bond acceptors (Lipinski definition) is 5. The number of amidine groups is 1. The fraction of sp³-hybridized carbons (Fsp3) is 0.381. The van der Waals surface area contributed by atoms with Crippen LogP contribution in [0.5, 0.6) is 0 Å². The van der Waals surface area contributed by atoms with Crippen molar-refractivity contribution < 1.29 is 4.74 Å². The lowest BCUT2D eigenvalue weighted by Gasteiger charge is -2.19. The second-order valence-corrected chi connectivity index (χ2v) is 7.84. The molecule has 2 aliphatic heterocycles. The summed E-state index contributed by atoms with van der Waals surface area (Å²) < 4.78 is 6.07. The van der Waals surface area contributed by atoms with E-state index in [0.29, 0.717) is 12.7 Å². The third kappa shape index (κ3) is 4.67. The minimum Gasteiger partial charge on any atom is -0.372 e. The molecule has 2 aromatic carbocycles. The molecule has 1 unspecified atom stereocenters. The first-order chi connectivity index (χ1) is 12.9. The summed E-state index contributed by atoms with van der Waals surface area (Å²) in [5.41, 5.74) is 3.72. The number of thioether (sulfide) groups is 1. The Morgan fingerprint density at radius 3 is 2.88 bits per heavy atom. The largest absolute Gasteiger partial charge is 0.372 e. The van der Waals surface area contributed by atoms with Gasteiger partial charge in [0, 0.05) is 31.1 Å². The third-order valence-corrected chi connectivity index (χ3v) is 5.75. The van der Waals surface area contributed by atoms with Crippen molar-refractivity contribution in [3.8, 4) is 0 Å². The van der Waals surface area contributed by atoms with Gasteiger partial charge in [-0.05, 0) is 23.6 Å². The van der Waals surface area contributed by atoms with Crippen LogP contribution in [-0.2, 0) is 17.9 Å². The molecular weight excluding hydrogens is 342 g/mol. The number of benzene rings is 2. The molecule has 4 nitrogen and oxygen atoms in total. The maximum atomic E-state index is 6.07. The Morgan fingerprint density at radius 2 is 1.96 bits per heavy atom. The van der Waals surface area contributed by atoms with E-state index in [1.165, 1.54) is 16.8 Å². The van der Waals surface area contributed by atoms with E-state index in [4.69, 9.17) is 4.74 Å². The van der Waals surface area contributed by atoms with Crippen molar-refractivity contribution >= 4 is 22.6 Å². The predicted molar refractivity (Wildman–Crippen MR) is 110 cm³/mol. The van der Waals surface area contributed by atoms with Crippen LogP contribution >= 0.6 is 11.8 Å². The average molecular weight is 368 g/mol.